The molecule has 7 heteroatoms. The van der Waals surface area contributed by atoms with Gasteiger partial charge in [0.2, 0.25) is 0 Å². The van der Waals surface area contributed by atoms with Crippen LogP contribution in [-0.2, 0) is 0 Å². The Kier molecular flexibility index (Phi) is 3.25. The molecule has 0 aliphatic carbocycles. The molecule has 0 radical (unpaired) electrons. The molecule has 0 bridgehead atoms. The van der Waals surface area contributed by atoms with Crippen LogP contribution in [0.2, 0.25) is 0 Å². The summed E-state index contributed by atoms with van der Waals surface area (Å²) in [5.74, 6) is 0.834. The first-order chi connectivity index (χ1) is 9.29. The molecule has 5 nitrogen and oxygen atoms in total. The molecule has 19 heavy (non-hydrogen) atoms. The molecule has 0 unspecified atom stereocenters. The van der Waals surface area contributed by atoms with Gasteiger partial charge in [-0.15, -0.1) is 22.7 Å². The third-order valence-corrected chi connectivity index (χ3v) is 4.52. The van der Waals surface area contributed by atoms with Crippen LogP contribution in [0.25, 0.3) is 30.7 Å². The van der Waals surface area contributed by atoms with Crippen molar-refractivity contribution >= 4 is 43.0 Å². The Labute approximate surface area is 117 Å². The van der Waals surface area contributed by atoms with Gasteiger partial charge in [0.05, 0.1) is 33.1 Å². The fraction of sp³-hybridized carbons (Fsp3) is 0.250. The fourth-order valence-electron chi connectivity index (χ4n) is 1.95. The minimum atomic E-state index is 0.335. The first-order valence-corrected chi connectivity index (χ1v) is 7.40. The smallest absolute Gasteiger partial charge is 0.129 e. The van der Waals surface area contributed by atoms with Crippen molar-refractivity contribution < 1.29 is 4.74 Å². The van der Waals surface area contributed by atoms with Gasteiger partial charge < -0.3 is 4.74 Å². The molecule has 0 atom stereocenters. The molecular weight excluding hydrogens is 280 g/mol. The number of aromatic nitrogens is 1. The van der Waals surface area contributed by atoms with Crippen LogP contribution in [0, 0.1) is 6.92 Å². The Morgan fingerprint density at radius 2 is 2.42 bits per heavy atom. The van der Waals surface area contributed by atoms with Crippen LogP contribution in [0.5, 0.6) is 5.75 Å². The van der Waals surface area contributed by atoms with E-state index < -0.39 is 0 Å². The molecule has 3 rings (SSSR count). The van der Waals surface area contributed by atoms with Gasteiger partial charge in [0.15, 0.2) is 0 Å². The molecule has 0 aliphatic heterocycles. The fourth-order valence-corrected chi connectivity index (χ4v) is 3.78. The van der Waals surface area contributed by atoms with Crippen LogP contribution in [0.3, 0.4) is 0 Å². The van der Waals surface area contributed by atoms with Crippen molar-refractivity contribution in [2.75, 3.05) is 13.2 Å². The Balaban J connectivity index is 2.05. The van der Waals surface area contributed by atoms with Crippen molar-refractivity contribution in [3.63, 3.8) is 0 Å². The number of ether oxygens (including phenoxy) is 1. The maximum atomic E-state index is 8.24. The van der Waals surface area contributed by atoms with Crippen molar-refractivity contribution in [2.24, 2.45) is 5.11 Å². The van der Waals surface area contributed by atoms with Gasteiger partial charge >= 0.3 is 0 Å². The van der Waals surface area contributed by atoms with E-state index in [9.17, 15) is 0 Å². The number of thiophene rings is 1. The van der Waals surface area contributed by atoms with Crippen LogP contribution in [0.15, 0.2) is 22.6 Å². The zero-order valence-electron chi connectivity index (χ0n) is 10.2. The summed E-state index contributed by atoms with van der Waals surface area (Å²) >= 11 is 3.33. The van der Waals surface area contributed by atoms with Crippen molar-refractivity contribution in [3.05, 3.63) is 33.0 Å². The van der Waals surface area contributed by atoms with Gasteiger partial charge in [-0.3, -0.25) is 0 Å². The average molecular weight is 290 g/mol. The molecule has 0 spiro atoms. The molecule has 3 aromatic rings. The van der Waals surface area contributed by atoms with Crippen LogP contribution < -0.4 is 4.74 Å². The van der Waals surface area contributed by atoms with Crippen molar-refractivity contribution in [2.45, 2.75) is 6.92 Å². The molecular formula is C12H10N4OS2. The third kappa shape index (κ3) is 2.23. The highest BCUT2D eigenvalue weighted by atomic mass is 32.1. The number of fused-ring (bicyclic) bond motifs is 3. The number of rotatable bonds is 4. The lowest BCUT2D eigenvalue weighted by atomic mass is 10.2. The summed E-state index contributed by atoms with van der Waals surface area (Å²) in [6.07, 6.45) is 0. The molecule has 0 saturated carbocycles. The molecule has 0 aliphatic rings. The lowest BCUT2D eigenvalue weighted by molar-refractivity contribution is 0.332. The maximum Gasteiger partial charge on any atom is 0.129 e. The second kappa shape index (κ2) is 5.05. The predicted molar refractivity (Wildman–Crippen MR) is 79.2 cm³/mol. The lowest BCUT2D eigenvalue weighted by Crippen LogP contribution is -2.00. The number of azide groups is 1. The van der Waals surface area contributed by atoms with E-state index in [1.165, 1.54) is 0 Å². The first-order valence-electron chi connectivity index (χ1n) is 5.70. The van der Waals surface area contributed by atoms with Crippen molar-refractivity contribution in [1.82, 2.24) is 4.98 Å². The zero-order chi connectivity index (χ0) is 13.2. The number of thiazole rings is 1. The van der Waals surface area contributed by atoms with Gasteiger partial charge in [-0.1, -0.05) is 5.11 Å². The van der Waals surface area contributed by atoms with Crippen LogP contribution in [-0.4, -0.2) is 18.1 Å². The van der Waals surface area contributed by atoms with Crippen molar-refractivity contribution in [1.29, 1.82) is 0 Å². The van der Waals surface area contributed by atoms with Gasteiger partial charge in [0, 0.05) is 16.4 Å². The van der Waals surface area contributed by atoms with Gasteiger partial charge in [0.25, 0.3) is 0 Å². The average Bonchev–Trinajstić information content (AvgIpc) is 2.99. The topological polar surface area (TPSA) is 70.9 Å². The van der Waals surface area contributed by atoms with Gasteiger partial charge in [-0.25, -0.2) is 4.98 Å². The summed E-state index contributed by atoms with van der Waals surface area (Å²) in [7, 11) is 0. The van der Waals surface area contributed by atoms with E-state index in [-0.39, 0.29) is 0 Å². The second-order valence-electron chi connectivity index (χ2n) is 3.92. The molecule has 96 valence electrons. The number of aryl methyl sites for hydroxylation is 1. The van der Waals surface area contributed by atoms with E-state index in [0.29, 0.717) is 13.2 Å². The summed E-state index contributed by atoms with van der Waals surface area (Å²) in [5, 5.41) is 7.63. The van der Waals surface area contributed by atoms with Crippen molar-refractivity contribution in [3.8, 4) is 5.75 Å². The minimum absolute atomic E-state index is 0.335. The maximum absolute atomic E-state index is 8.24. The summed E-state index contributed by atoms with van der Waals surface area (Å²) in [4.78, 5) is 7.28. The third-order valence-electron chi connectivity index (χ3n) is 2.68. The molecule has 2 aromatic heterocycles. The summed E-state index contributed by atoms with van der Waals surface area (Å²) in [6, 6.07) is 4.06. The van der Waals surface area contributed by atoms with Gasteiger partial charge in [-0.05, 0) is 23.9 Å². The molecule has 0 fully saturated rings. The number of hydrogen-bond donors (Lipinski definition) is 0. The van der Waals surface area contributed by atoms with Gasteiger partial charge in [-0.2, -0.15) is 0 Å². The normalized spacial score (nSPS) is 10.8. The Bertz CT molecular complexity index is 786. The van der Waals surface area contributed by atoms with E-state index in [0.717, 1.165) is 31.1 Å². The summed E-state index contributed by atoms with van der Waals surface area (Å²) < 4.78 is 8.00. The standard InChI is InChI=1S/C12H10N4OS2/c1-7-15-11-10(19-7)6-9(17-4-3-14-16-13)8-2-5-18-12(8)11/h2,5-6H,3-4H2,1H3. The van der Waals surface area contributed by atoms with Crippen LogP contribution in [0.4, 0.5) is 0 Å². The largest absolute Gasteiger partial charge is 0.493 e. The Morgan fingerprint density at radius 3 is 3.26 bits per heavy atom. The quantitative estimate of drug-likeness (QED) is 0.307. The number of nitrogens with zero attached hydrogens (tertiary/aromatic N) is 4. The van der Waals surface area contributed by atoms with Gasteiger partial charge in [0.1, 0.15) is 5.75 Å². The number of benzene rings is 1. The summed E-state index contributed by atoms with van der Waals surface area (Å²) in [6.45, 7) is 2.73. The highest BCUT2D eigenvalue weighted by molar-refractivity contribution is 7.21. The van der Waals surface area contributed by atoms with Crippen LogP contribution in [0.1, 0.15) is 5.01 Å². The molecule has 0 N–H and O–H groups in total. The monoisotopic (exact) mass is 290 g/mol. The Hall–Kier alpha value is -1.82. The highest BCUT2D eigenvalue weighted by Crippen LogP contribution is 2.38. The predicted octanol–water partition coefficient (Wildman–Crippen LogP) is 4.51. The molecule has 0 amide bonds. The minimum Gasteiger partial charge on any atom is -0.493 e. The van der Waals surface area contributed by atoms with E-state index in [1.807, 2.05) is 24.4 Å². The van der Waals surface area contributed by atoms with Crippen LogP contribution >= 0.6 is 22.7 Å². The SMILES string of the molecule is Cc1nc2c(cc(OCCN=[N+]=[N-])c3ccsc32)s1. The highest BCUT2D eigenvalue weighted by Gasteiger charge is 2.12. The number of hydrogen-bond acceptors (Lipinski definition) is 5. The Morgan fingerprint density at radius 1 is 1.53 bits per heavy atom. The molecule has 2 heterocycles. The first kappa shape index (κ1) is 12.2. The molecule has 1 aromatic carbocycles. The lowest BCUT2D eigenvalue weighted by Gasteiger charge is -2.06. The van der Waals surface area contributed by atoms with E-state index in [1.54, 1.807) is 22.7 Å². The second-order valence-corrected chi connectivity index (χ2v) is 6.07. The molecule has 0 saturated heterocycles. The van der Waals surface area contributed by atoms with E-state index in [2.05, 4.69) is 15.0 Å². The van der Waals surface area contributed by atoms with E-state index >= 15 is 0 Å². The van der Waals surface area contributed by atoms with E-state index in [4.69, 9.17) is 10.3 Å². The summed E-state index contributed by atoms with van der Waals surface area (Å²) in [5.41, 5.74) is 9.29. The zero-order valence-corrected chi connectivity index (χ0v) is 11.8.